The predicted molar refractivity (Wildman–Crippen MR) is 95.1 cm³/mol. The van der Waals surface area contributed by atoms with Crippen molar-refractivity contribution in [3.63, 3.8) is 0 Å². The Bertz CT molecular complexity index is 870. The molecule has 134 valence electrons. The summed E-state index contributed by atoms with van der Waals surface area (Å²) in [5, 5.41) is 13.6. The zero-order chi connectivity index (χ0) is 18.5. The van der Waals surface area contributed by atoms with E-state index in [1.165, 1.54) is 0 Å². The lowest BCUT2D eigenvalue weighted by Crippen LogP contribution is -2.31. The molecule has 0 saturated carbocycles. The molecule has 2 atom stereocenters. The van der Waals surface area contributed by atoms with Crippen molar-refractivity contribution in [1.29, 1.82) is 0 Å². The Kier molecular flexibility index (Phi) is 5.34. The fourth-order valence-electron chi connectivity index (χ4n) is 2.56. The van der Waals surface area contributed by atoms with Gasteiger partial charge in [-0.2, -0.15) is 0 Å². The quantitative estimate of drug-likeness (QED) is 0.665. The minimum atomic E-state index is -1.42. The molecule has 3 aromatic rings. The van der Waals surface area contributed by atoms with Crippen LogP contribution in [0.15, 0.2) is 65.1 Å². The number of furan rings is 1. The molecular formula is C20H19NO5. The Labute approximate surface area is 150 Å². The minimum Gasteiger partial charge on any atom is -0.459 e. The molecule has 2 aromatic carbocycles. The molecule has 2 N–H and O–H groups in total. The third kappa shape index (κ3) is 4.10. The van der Waals surface area contributed by atoms with Crippen molar-refractivity contribution in [3.05, 3.63) is 72.0 Å². The molecule has 1 heterocycles. The predicted octanol–water partition coefficient (Wildman–Crippen LogP) is 2.89. The van der Waals surface area contributed by atoms with Gasteiger partial charge in [-0.05, 0) is 24.6 Å². The summed E-state index contributed by atoms with van der Waals surface area (Å²) in [5.74, 6) is -0.746. The molecule has 0 spiro atoms. The number of aliphatic hydroxyl groups excluding tert-OH is 1. The van der Waals surface area contributed by atoms with Crippen molar-refractivity contribution in [3.8, 4) is 0 Å². The highest BCUT2D eigenvalue weighted by atomic mass is 16.5. The van der Waals surface area contributed by atoms with Gasteiger partial charge < -0.3 is 19.6 Å². The molecule has 0 fully saturated rings. The molecule has 6 heteroatoms. The number of ether oxygens (including phenoxy) is 1. The van der Waals surface area contributed by atoms with E-state index < -0.39 is 24.6 Å². The number of fused-ring (bicyclic) bond motifs is 1. The number of para-hydroxylation sites is 1. The standard InChI is InChI=1S/C20H19NO5/c1-13(17-11-15-9-5-6-10-16(15)26-17)21-18(22)12-25-20(24)19(23)14-7-3-2-4-8-14/h2-11,13,19,23H,12H2,1H3,(H,21,22)/t13-,19-/m0/s1. The molecule has 0 unspecified atom stereocenters. The van der Waals surface area contributed by atoms with Crippen LogP contribution in [-0.4, -0.2) is 23.6 Å². The van der Waals surface area contributed by atoms with Crippen molar-refractivity contribution in [2.24, 2.45) is 0 Å². The maximum absolute atomic E-state index is 12.0. The smallest absolute Gasteiger partial charge is 0.340 e. The van der Waals surface area contributed by atoms with Crippen LogP contribution in [0.5, 0.6) is 0 Å². The van der Waals surface area contributed by atoms with Crippen LogP contribution in [0.2, 0.25) is 0 Å². The average Bonchev–Trinajstić information content (AvgIpc) is 3.10. The van der Waals surface area contributed by atoms with Crippen molar-refractivity contribution < 1.29 is 23.8 Å². The number of amides is 1. The van der Waals surface area contributed by atoms with Crippen molar-refractivity contribution >= 4 is 22.8 Å². The van der Waals surface area contributed by atoms with Gasteiger partial charge in [0.2, 0.25) is 0 Å². The van der Waals surface area contributed by atoms with Gasteiger partial charge in [0.25, 0.3) is 5.91 Å². The summed E-state index contributed by atoms with van der Waals surface area (Å²) in [7, 11) is 0. The van der Waals surface area contributed by atoms with Gasteiger partial charge in [0.15, 0.2) is 12.7 Å². The number of rotatable bonds is 6. The van der Waals surface area contributed by atoms with Gasteiger partial charge in [0.1, 0.15) is 11.3 Å². The first-order valence-electron chi connectivity index (χ1n) is 8.22. The summed E-state index contributed by atoms with van der Waals surface area (Å²) in [5.41, 5.74) is 1.15. The zero-order valence-electron chi connectivity index (χ0n) is 14.2. The Morgan fingerprint density at radius 2 is 1.81 bits per heavy atom. The van der Waals surface area contributed by atoms with Gasteiger partial charge in [-0.15, -0.1) is 0 Å². The number of aliphatic hydroxyl groups is 1. The second-order valence-electron chi connectivity index (χ2n) is 5.90. The number of esters is 1. The molecule has 1 amide bonds. The molecule has 0 aliphatic heterocycles. The largest absolute Gasteiger partial charge is 0.459 e. The van der Waals surface area contributed by atoms with Gasteiger partial charge in [-0.3, -0.25) is 4.79 Å². The van der Waals surface area contributed by atoms with Crippen molar-refractivity contribution in [2.75, 3.05) is 6.61 Å². The molecule has 0 bridgehead atoms. The highest BCUT2D eigenvalue weighted by molar-refractivity contribution is 5.83. The van der Waals surface area contributed by atoms with E-state index in [2.05, 4.69) is 5.32 Å². The number of carbonyl (C=O) groups excluding carboxylic acids is 2. The molecule has 6 nitrogen and oxygen atoms in total. The highest BCUT2D eigenvalue weighted by Crippen LogP contribution is 2.23. The zero-order valence-corrected chi connectivity index (χ0v) is 14.2. The molecule has 0 saturated heterocycles. The summed E-state index contributed by atoms with van der Waals surface area (Å²) in [6, 6.07) is 17.4. The summed E-state index contributed by atoms with van der Waals surface area (Å²) in [6.07, 6.45) is -1.42. The molecule has 0 aliphatic carbocycles. The molecule has 0 radical (unpaired) electrons. The van der Waals surface area contributed by atoms with Crippen LogP contribution in [0, 0.1) is 0 Å². The highest BCUT2D eigenvalue weighted by Gasteiger charge is 2.21. The van der Waals surface area contributed by atoms with Gasteiger partial charge in [-0.1, -0.05) is 48.5 Å². The van der Waals surface area contributed by atoms with Crippen LogP contribution < -0.4 is 5.32 Å². The first-order chi connectivity index (χ1) is 12.5. The van der Waals surface area contributed by atoms with Gasteiger partial charge in [-0.25, -0.2) is 4.79 Å². The molecule has 1 aromatic heterocycles. The number of hydrogen-bond acceptors (Lipinski definition) is 5. The van der Waals surface area contributed by atoms with E-state index >= 15 is 0 Å². The summed E-state index contributed by atoms with van der Waals surface area (Å²) in [4.78, 5) is 23.8. The SMILES string of the molecule is C[C@H](NC(=O)COC(=O)[C@@H](O)c1ccccc1)c1cc2ccccc2o1. The van der Waals surface area contributed by atoms with Gasteiger partial charge in [0, 0.05) is 5.39 Å². The first kappa shape index (κ1) is 17.7. The lowest BCUT2D eigenvalue weighted by molar-refractivity contribution is -0.157. The summed E-state index contributed by atoms with van der Waals surface area (Å²) < 4.78 is 10.6. The monoisotopic (exact) mass is 353 g/mol. The maximum Gasteiger partial charge on any atom is 0.340 e. The van der Waals surface area contributed by atoms with Crippen molar-refractivity contribution in [1.82, 2.24) is 5.32 Å². The number of nitrogens with one attached hydrogen (secondary N) is 1. The first-order valence-corrected chi connectivity index (χ1v) is 8.22. The Morgan fingerprint density at radius 1 is 1.12 bits per heavy atom. The summed E-state index contributed by atoms with van der Waals surface area (Å²) in [6.45, 7) is 1.30. The molecular weight excluding hydrogens is 334 g/mol. The Balaban J connectivity index is 1.52. The maximum atomic E-state index is 12.0. The van der Waals surface area contributed by atoms with Crippen LogP contribution in [0.25, 0.3) is 11.0 Å². The van der Waals surface area contributed by atoms with E-state index in [1.54, 1.807) is 37.3 Å². The second kappa shape index (κ2) is 7.84. The topological polar surface area (TPSA) is 88.8 Å². The Hall–Kier alpha value is -3.12. The number of benzene rings is 2. The van der Waals surface area contributed by atoms with E-state index in [4.69, 9.17) is 9.15 Å². The molecule has 26 heavy (non-hydrogen) atoms. The Morgan fingerprint density at radius 3 is 2.54 bits per heavy atom. The van der Waals surface area contributed by atoms with Crippen molar-refractivity contribution in [2.45, 2.75) is 19.1 Å². The fraction of sp³-hybridized carbons (Fsp3) is 0.200. The van der Waals surface area contributed by atoms with Crippen LogP contribution in [0.3, 0.4) is 0 Å². The van der Waals surface area contributed by atoms with E-state index in [9.17, 15) is 14.7 Å². The van der Waals surface area contributed by atoms with Crippen LogP contribution in [0.1, 0.15) is 30.4 Å². The third-order valence-electron chi connectivity index (χ3n) is 3.93. The lowest BCUT2D eigenvalue weighted by atomic mass is 10.1. The number of carbonyl (C=O) groups is 2. The third-order valence-corrected chi connectivity index (χ3v) is 3.93. The second-order valence-corrected chi connectivity index (χ2v) is 5.90. The number of hydrogen-bond donors (Lipinski definition) is 2. The minimum absolute atomic E-state index is 0.382. The van der Waals surface area contributed by atoms with E-state index in [0.29, 0.717) is 11.3 Å². The summed E-state index contributed by atoms with van der Waals surface area (Å²) >= 11 is 0. The van der Waals surface area contributed by atoms with Gasteiger partial charge in [0.05, 0.1) is 6.04 Å². The van der Waals surface area contributed by atoms with E-state index in [0.717, 1.165) is 11.0 Å². The molecule has 3 rings (SSSR count). The molecule has 0 aliphatic rings. The normalized spacial score (nSPS) is 13.2. The van der Waals surface area contributed by atoms with Gasteiger partial charge >= 0.3 is 5.97 Å². The van der Waals surface area contributed by atoms with E-state index in [-0.39, 0.29) is 6.04 Å². The fourth-order valence-corrected chi connectivity index (χ4v) is 2.56. The average molecular weight is 353 g/mol. The van der Waals surface area contributed by atoms with E-state index in [1.807, 2.05) is 30.3 Å². The van der Waals surface area contributed by atoms with Crippen LogP contribution in [-0.2, 0) is 14.3 Å². The van der Waals surface area contributed by atoms with Crippen LogP contribution >= 0.6 is 0 Å². The van der Waals surface area contributed by atoms with Crippen LogP contribution in [0.4, 0.5) is 0 Å². The lowest BCUT2D eigenvalue weighted by Gasteiger charge is -2.13.